The average molecular weight is 369 g/mol. The topological polar surface area (TPSA) is 70.6 Å². The first-order valence-corrected chi connectivity index (χ1v) is 10.1. The molecule has 0 bridgehead atoms. The second-order valence-corrected chi connectivity index (χ2v) is 7.86. The van der Waals surface area contributed by atoms with Crippen LogP contribution < -0.4 is 10.6 Å². The fraction of sp³-hybridized carbons (Fsp3) is 0.312. The van der Waals surface area contributed by atoms with Gasteiger partial charge in [-0.05, 0) is 41.4 Å². The van der Waals surface area contributed by atoms with E-state index in [9.17, 15) is 12.8 Å². The lowest BCUT2D eigenvalue weighted by Gasteiger charge is -2.11. The molecule has 0 radical (unpaired) electrons. The lowest BCUT2D eigenvalue weighted by molar-refractivity contribution is 0.566. The summed E-state index contributed by atoms with van der Waals surface area (Å²) in [5, 5.41) is 10.0. The van der Waals surface area contributed by atoms with Crippen molar-refractivity contribution in [3.05, 3.63) is 52.5 Å². The van der Waals surface area contributed by atoms with Gasteiger partial charge in [0, 0.05) is 13.1 Å². The SMILES string of the molecule is CCNC(=NCc1ccsc1)NCCS(=O)(=O)c1ccccc1F. The maximum Gasteiger partial charge on any atom is 0.191 e. The first-order chi connectivity index (χ1) is 11.5. The summed E-state index contributed by atoms with van der Waals surface area (Å²) in [6.45, 7) is 3.25. The summed E-state index contributed by atoms with van der Waals surface area (Å²) in [6.07, 6.45) is 0. The minimum absolute atomic E-state index is 0.145. The van der Waals surface area contributed by atoms with E-state index in [1.54, 1.807) is 11.3 Å². The first-order valence-electron chi connectivity index (χ1n) is 7.53. The van der Waals surface area contributed by atoms with Crippen molar-refractivity contribution in [3.8, 4) is 0 Å². The van der Waals surface area contributed by atoms with Crippen molar-refractivity contribution < 1.29 is 12.8 Å². The molecule has 1 heterocycles. The van der Waals surface area contributed by atoms with Gasteiger partial charge in [0.1, 0.15) is 10.7 Å². The molecule has 5 nitrogen and oxygen atoms in total. The molecule has 0 saturated carbocycles. The van der Waals surface area contributed by atoms with E-state index >= 15 is 0 Å². The van der Waals surface area contributed by atoms with Crippen molar-refractivity contribution in [3.63, 3.8) is 0 Å². The molecule has 0 atom stereocenters. The van der Waals surface area contributed by atoms with E-state index in [0.717, 1.165) is 11.6 Å². The zero-order valence-corrected chi connectivity index (χ0v) is 15.0. The highest BCUT2D eigenvalue weighted by Crippen LogP contribution is 2.14. The summed E-state index contributed by atoms with van der Waals surface area (Å²) >= 11 is 1.60. The van der Waals surface area contributed by atoms with Gasteiger partial charge in [0.25, 0.3) is 0 Å². The molecule has 0 unspecified atom stereocenters. The Morgan fingerprint density at radius 1 is 1.25 bits per heavy atom. The smallest absolute Gasteiger partial charge is 0.191 e. The van der Waals surface area contributed by atoms with E-state index in [1.165, 1.54) is 18.2 Å². The quantitative estimate of drug-likeness (QED) is 0.581. The Labute approximate surface area is 145 Å². The molecular formula is C16H20FN3O2S2. The molecule has 0 aliphatic carbocycles. The number of aliphatic imine (C=N–C) groups is 1. The van der Waals surface area contributed by atoms with Crippen molar-refractivity contribution in [1.29, 1.82) is 0 Å². The molecule has 2 rings (SSSR count). The third kappa shape index (κ3) is 5.31. The van der Waals surface area contributed by atoms with Gasteiger partial charge >= 0.3 is 0 Å². The molecule has 24 heavy (non-hydrogen) atoms. The predicted octanol–water partition coefficient (Wildman–Crippen LogP) is 2.42. The summed E-state index contributed by atoms with van der Waals surface area (Å²) in [6, 6.07) is 7.39. The summed E-state index contributed by atoms with van der Waals surface area (Å²) < 4.78 is 38.0. The van der Waals surface area contributed by atoms with Gasteiger partial charge in [-0.3, -0.25) is 0 Å². The van der Waals surface area contributed by atoms with Crippen LogP contribution in [0.25, 0.3) is 0 Å². The molecule has 1 aromatic carbocycles. The van der Waals surface area contributed by atoms with Crippen molar-refractivity contribution in [1.82, 2.24) is 10.6 Å². The molecular weight excluding hydrogens is 349 g/mol. The zero-order chi connectivity index (χ0) is 17.4. The maximum atomic E-state index is 13.6. The zero-order valence-electron chi connectivity index (χ0n) is 13.3. The minimum Gasteiger partial charge on any atom is -0.357 e. The molecule has 8 heteroatoms. The van der Waals surface area contributed by atoms with E-state index in [-0.39, 0.29) is 17.2 Å². The average Bonchev–Trinajstić information content (AvgIpc) is 3.06. The molecule has 0 spiro atoms. The third-order valence-corrected chi connectivity index (χ3v) is 5.65. The van der Waals surface area contributed by atoms with Gasteiger partial charge in [0.15, 0.2) is 15.8 Å². The Hall–Kier alpha value is -1.93. The number of benzene rings is 1. The highest BCUT2D eigenvalue weighted by Gasteiger charge is 2.18. The lowest BCUT2D eigenvalue weighted by atomic mass is 10.3. The number of nitrogens with zero attached hydrogens (tertiary/aromatic N) is 1. The highest BCUT2D eigenvalue weighted by molar-refractivity contribution is 7.91. The number of thiophene rings is 1. The lowest BCUT2D eigenvalue weighted by Crippen LogP contribution is -2.39. The summed E-state index contributed by atoms with van der Waals surface area (Å²) in [7, 11) is -3.68. The van der Waals surface area contributed by atoms with Crippen molar-refractivity contribution in [2.24, 2.45) is 4.99 Å². The monoisotopic (exact) mass is 369 g/mol. The number of nitrogens with one attached hydrogen (secondary N) is 2. The number of rotatable bonds is 7. The van der Waals surface area contributed by atoms with E-state index in [0.29, 0.717) is 19.0 Å². The molecule has 2 N–H and O–H groups in total. The third-order valence-electron chi connectivity index (χ3n) is 3.18. The van der Waals surface area contributed by atoms with Gasteiger partial charge in [-0.15, -0.1) is 0 Å². The second-order valence-electron chi connectivity index (χ2n) is 5.00. The summed E-state index contributed by atoms with van der Waals surface area (Å²) in [4.78, 5) is 4.13. The number of guanidine groups is 1. The van der Waals surface area contributed by atoms with E-state index < -0.39 is 15.7 Å². The van der Waals surface area contributed by atoms with Crippen LogP contribution in [0, 0.1) is 5.82 Å². The largest absolute Gasteiger partial charge is 0.357 e. The van der Waals surface area contributed by atoms with Gasteiger partial charge in [0.05, 0.1) is 12.3 Å². The Morgan fingerprint density at radius 3 is 2.71 bits per heavy atom. The number of hydrogen-bond acceptors (Lipinski definition) is 4. The summed E-state index contributed by atoms with van der Waals surface area (Å²) in [5.74, 6) is -0.403. The number of sulfone groups is 1. The fourth-order valence-corrected chi connectivity index (χ4v) is 3.91. The highest BCUT2D eigenvalue weighted by atomic mass is 32.2. The van der Waals surface area contributed by atoms with Crippen LogP contribution in [0.5, 0.6) is 0 Å². The molecule has 0 amide bonds. The molecule has 0 saturated heterocycles. The number of hydrogen-bond donors (Lipinski definition) is 2. The van der Waals surface area contributed by atoms with Crippen LogP contribution >= 0.6 is 11.3 Å². The van der Waals surface area contributed by atoms with Crippen LogP contribution in [-0.4, -0.2) is 33.2 Å². The van der Waals surface area contributed by atoms with Gasteiger partial charge in [-0.2, -0.15) is 11.3 Å². The Bertz CT molecular complexity index is 774. The predicted molar refractivity (Wildman–Crippen MR) is 95.6 cm³/mol. The van der Waals surface area contributed by atoms with E-state index in [1.807, 2.05) is 23.8 Å². The van der Waals surface area contributed by atoms with Crippen LogP contribution in [0.15, 0.2) is 51.0 Å². The van der Waals surface area contributed by atoms with Crippen LogP contribution in [0.1, 0.15) is 12.5 Å². The maximum absolute atomic E-state index is 13.6. The summed E-state index contributed by atoms with van der Waals surface area (Å²) in [5.41, 5.74) is 1.09. The minimum atomic E-state index is -3.68. The molecule has 1 aromatic heterocycles. The van der Waals surface area contributed by atoms with Crippen LogP contribution in [0.2, 0.25) is 0 Å². The standard InChI is InChI=1S/C16H20FN3O2S2/c1-2-18-16(20-11-13-7-9-23-12-13)19-8-10-24(21,22)15-6-4-3-5-14(15)17/h3-7,9,12H,2,8,10-11H2,1H3,(H2,18,19,20). The van der Waals surface area contributed by atoms with E-state index in [2.05, 4.69) is 15.6 Å². The molecule has 2 aromatic rings. The Balaban J connectivity index is 1.94. The van der Waals surface area contributed by atoms with Gasteiger partial charge in [-0.25, -0.2) is 17.8 Å². The van der Waals surface area contributed by atoms with E-state index in [4.69, 9.17) is 0 Å². The normalized spacial score (nSPS) is 12.2. The molecule has 130 valence electrons. The van der Waals surface area contributed by atoms with Gasteiger partial charge < -0.3 is 10.6 Å². The Kier molecular flexibility index (Phi) is 6.74. The molecule has 0 fully saturated rings. The molecule has 0 aliphatic heterocycles. The van der Waals surface area contributed by atoms with Crippen LogP contribution in [-0.2, 0) is 16.4 Å². The molecule has 0 aliphatic rings. The Morgan fingerprint density at radius 2 is 2.04 bits per heavy atom. The fourth-order valence-electron chi connectivity index (χ4n) is 2.01. The van der Waals surface area contributed by atoms with Crippen molar-refractivity contribution >= 4 is 27.1 Å². The first kappa shape index (κ1) is 18.4. The number of halogens is 1. The van der Waals surface area contributed by atoms with Crippen LogP contribution in [0.3, 0.4) is 0 Å². The van der Waals surface area contributed by atoms with Gasteiger partial charge in [0.2, 0.25) is 0 Å². The van der Waals surface area contributed by atoms with Crippen molar-refractivity contribution in [2.45, 2.75) is 18.4 Å². The van der Waals surface area contributed by atoms with Gasteiger partial charge in [-0.1, -0.05) is 12.1 Å². The second kappa shape index (κ2) is 8.79. The van der Waals surface area contributed by atoms with Crippen molar-refractivity contribution in [2.75, 3.05) is 18.8 Å². The van der Waals surface area contributed by atoms with Crippen LogP contribution in [0.4, 0.5) is 4.39 Å².